The number of aromatic nitrogens is 3. The molecule has 0 aliphatic heterocycles. The molecule has 3 atom stereocenters. The van der Waals surface area contributed by atoms with Crippen molar-refractivity contribution in [2.45, 2.75) is 45.4 Å². The van der Waals surface area contributed by atoms with E-state index in [0.29, 0.717) is 17.9 Å². The molecule has 4 rings (SSSR count). The number of anilines is 1. The number of rotatable bonds is 5. The highest BCUT2D eigenvalue weighted by Gasteiger charge is 2.43. The first kappa shape index (κ1) is 19.4. The number of fused-ring (bicyclic) bond motifs is 1. The number of carbonyl (C=O) groups excluding carboxylic acids is 1. The van der Waals surface area contributed by atoms with Gasteiger partial charge in [0.15, 0.2) is 0 Å². The quantitative estimate of drug-likeness (QED) is 0.685. The number of aryl methyl sites for hydroxylation is 1. The highest BCUT2D eigenvalue weighted by Crippen LogP contribution is 2.35. The lowest BCUT2D eigenvalue weighted by Gasteiger charge is -2.21. The largest absolute Gasteiger partial charge is 0.384 e. The number of pyridine rings is 3. The zero-order valence-electron chi connectivity index (χ0n) is 16.6. The monoisotopic (exact) mass is 394 g/mol. The van der Waals surface area contributed by atoms with E-state index in [9.17, 15) is 14.3 Å². The van der Waals surface area contributed by atoms with Crippen molar-refractivity contribution in [2.24, 2.45) is 5.92 Å². The maximum Gasteiger partial charge on any atom is 0.231 e. The van der Waals surface area contributed by atoms with Crippen molar-refractivity contribution < 1.29 is 14.3 Å². The molecule has 1 amide bonds. The summed E-state index contributed by atoms with van der Waals surface area (Å²) < 4.78 is 13.0. The van der Waals surface area contributed by atoms with Crippen LogP contribution < -0.4 is 5.32 Å². The molecular weight excluding hydrogens is 371 g/mol. The number of aliphatic hydroxyl groups is 1. The van der Waals surface area contributed by atoms with E-state index in [1.165, 1.54) is 0 Å². The number of hydrogen-bond acceptors (Lipinski definition) is 5. The molecule has 1 aliphatic carbocycles. The van der Waals surface area contributed by atoms with Crippen LogP contribution in [0.4, 0.5) is 10.2 Å². The van der Waals surface area contributed by atoms with Gasteiger partial charge in [0, 0.05) is 34.9 Å². The smallest absolute Gasteiger partial charge is 0.231 e. The third-order valence-corrected chi connectivity index (χ3v) is 5.53. The lowest BCUT2D eigenvalue weighted by molar-refractivity contribution is -0.117. The van der Waals surface area contributed by atoms with Gasteiger partial charge in [-0.1, -0.05) is 6.92 Å². The SMILES string of the molecule is CC[C@@](C)(O)c1cc(C)c(-c2cc3cnc(NC(=O)[C@@H]4C[C@@H]4F)cc3cn2)cn1. The summed E-state index contributed by atoms with van der Waals surface area (Å²) in [6.45, 7) is 5.63. The standard InChI is InChI=1S/C22H23FN4O2/c1-4-22(3,29)19-5-12(2)16(11-25-19)18-6-13-10-26-20(7-14(13)9-24-18)27-21(28)15-8-17(15)23/h5-7,9-11,15,17,29H,4,8H2,1-3H3,(H,26,27,28)/t15-,17+,22-/m1/s1. The van der Waals surface area contributed by atoms with Crippen LogP contribution in [0.3, 0.4) is 0 Å². The molecule has 3 heterocycles. The maximum absolute atomic E-state index is 13.0. The van der Waals surface area contributed by atoms with Crippen LogP contribution in [-0.2, 0) is 10.4 Å². The van der Waals surface area contributed by atoms with Crippen LogP contribution >= 0.6 is 0 Å². The van der Waals surface area contributed by atoms with Crippen LogP contribution in [0.5, 0.6) is 0 Å². The van der Waals surface area contributed by atoms with Gasteiger partial charge in [0.25, 0.3) is 0 Å². The third kappa shape index (κ3) is 3.82. The van der Waals surface area contributed by atoms with Crippen LogP contribution in [0, 0.1) is 12.8 Å². The highest BCUT2D eigenvalue weighted by atomic mass is 19.1. The number of carbonyl (C=O) groups is 1. The number of nitrogens with one attached hydrogen (secondary N) is 1. The zero-order valence-corrected chi connectivity index (χ0v) is 16.6. The molecule has 3 aromatic rings. The predicted molar refractivity (Wildman–Crippen MR) is 109 cm³/mol. The van der Waals surface area contributed by atoms with Crippen LogP contribution in [0.2, 0.25) is 0 Å². The van der Waals surface area contributed by atoms with Crippen molar-refractivity contribution in [1.82, 2.24) is 15.0 Å². The maximum atomic E-state index is 13.0. The second kappa shape index (κ2) is 7.15. The van der Waals surface area contributed by atoms with Gasteiger partial charge in [-0.2, -0.15) is 0 Å². The van der Waals surface area contributed by atoms with Crippen molar-refractivity contribution in [3.05, 3.63) is 48.0 Å². The molecule has 0 spiro atoms. The summed E-state index contributed by atoms with van der Waals surface area (Å²) >= 11 is 0. The van der Waals surface area contributed by atoms with Gasteiger partial charge in [-0.25, -0.2) is 9.37 Å². The normalized spacial score (nSPS) is 20.3. The number of amides is 1. The molecule has 1 aliphatic rings. The third-order valence-electron chi connectivity index (χ3n) is 5.53. The van der Waals surface area contributed by atoms with Crippen molar-refractivity contribution >= 4 is 22.5 Å². The lowest BCUT2D eigenvalue weighted by Crippen LogP contribution is -2.21. The molecule has 150 valence electrons. The van der Waals surface area contributed by atoms with Crippen LogP contribution in [0.1, 0.15) is 37.9 Å². The van der Waals surface area contributed by atoms with E-state index in [0.717, 1.165) is 27.6 Å². The first-order valence-electron chi connectivity index (χ1n) is 9.69. The molecule has 1 saturated carbocycles. The van der Waals surface area contributed by atoms with Crippen molar-refractivity contribution in [1.29, 1.82) is 0 Å². The molecule has 0 unspecified atom stereocenters. The average Bonchev–Trinajstić information content (AvgIpc) is 3.44. The zero-order chi connectivity index (χ0) is 20.8. The summed E-state index contributed by atoms with van der Waals surface area (Å²) in [5, 5.41) is 14.8. The van der Waals surface area contributed by atoms with Crippen LogP contribution in [-0.4, -0.2) is 32.1 Å². The van der Waals surface area contributed by atoms with E-state index < -0.39 is 17.7 Å². The summed E-state index contributed by atoms with van der Waals surface area (Å²) in [6.07, 6.45) is 4.92. The Labute approximate surface area is 168 Å². The molecule has 0 saturated heterocycles. The number of hydrogen-bond donors (Lipinski definition) is 2. The summed E-state index contributed by atoms with van der Waals surface area (Å²) in [5.74, 6) is -0.501. The van der Waals surface area contributed by atoms with Crippen molar-refractivity contribution in [3.8, 4) is 11.3 Å². The molecule has 1 fully saturated rings. The number of halogens is 1. The Balaban J connectivity index is 1.61. The molecule has 29 heavy (non-hydrogen) atoms. The Kier molecular flexibility index (Phi) is 4.78. The first-order chi connectivity index (χ1) is 13.8. The second-order valence-electron chi connectivity index (χ2n) is 7.85. The van der Waals surface area contributed by atoms with Gasteiger partial charge in [0.1, 0.15) is 17.6 Å². The molecule has 0 radical (unpaired) electrons. The van der Waals surface area contributed by atoms with Gasteiger partial charge in [-0.3, -0.25) is 14.8 Å². The van der Waals surface area contributed by atoms with Gasteiger partial charge >= 0.3 is 0 Å². The van der Waals surface area contributed by atoms with Gasteiger partial charge in [-0.05, 0) is 50.5 Å². The minimum atomic E-state index is -1.04. The second-order valence-corrected chi connectivity index (χ2v) is 7.85. The van der Waals surface area contributed by atoms with E-state index in [1.807, 2.05) is 26.0 Å². The molecular formula is C22H23FN4O2. The van der Waals surface area contributed by atoms with Gasteiger partial charge in [0.05, 0.1) is 17.3 Å². The van der Waals surface area contributed by atoms with Crippen LogP contribution in [0.25, 0.3) is 22.0 Å². The molecule has 6 nitrogen and oxygen atoms in total. The summed E-state index contributed by atoms with van der Waals surface area (Å²) in [4.78, 5) is 25.1. The predicted octanol–water partition coefficient (Wildman–Crippen LogP) is 3.91. The fourth-order valence-corrected chi connectivity index (χ4v) is 3.21. The minimum absolute atomic E-state index is 0.282. The van der Waals surface area contributed by atoms with Gasteiger partial charge in [0.2, 0.25) is 5.91 Å². The Morgan fingerprint density at radius 2 is 1.90 bits per heavy atom. The topological polar surface area (TPSA) is 88.0 Å². The first-order valence-corrected chi connectivity index (χ1v) is 9.69. The minimum Gasteiger partial charge on any atom is -0.384 e. The van der Waals surface area contributed by atoms with E-state index in [4.69, 9.17) is 0 Å². The van der Waals surface area contributed by atoms with E-state index in [-0.39, 0.29) is 12.3 Å². The molecule has 3 aromatic heterocycles. The molecule has 0 bridgehead atoms. The van der Waals surface area contributed by atoms with Gasteiger partial charge in [-0.15, -0.1) is 0 Å². The van der Waals surface area contributed by atoms with E-state index in [1.54, 1.807) is 31.6 Å². The van der Waals surface area contributed by atoms with Crippen LogP contribution in [0.15, 0.2) is 36.8 Å². The fourth-order valence-electron chi connectivity index (χ4n) is 3.21. The average molecular weight is 394 g/mol. The highest BCUT2D eigenvalue weighted by molar-refractivity contribution is 5.96. The molecule has 2 N–H and O–H groups in total. The number of nitrogens with zero attached hydrogens (tertiary/aromatic N) is 3. The molecule has 0 aromatic carbocycles. The van der Waals surface area contributed by atoms with E-state index in [2.05, 4.69) is 20.3 Å². The summed E-state index contributed by atoms with van der Waals surface area (Å²) in [6, 6.07) is 5.53. The Hall–Kier alpha value is -2.93. The molecule has 7 heteroatoms. The Morgan fingerprint density at radius 3 is 2.55 bits per heavy atom. The fraction of sp³-hybridized carbons (Fsp3) is 0.364. The Morgan fingerprint density at radius 1 is 1.21 bits per heavy atom. The number of alkyl halides is 1. The van der Waals surface area contributed by atoms with E-state index >= 15 is 0 Å². The van der Waals surface area contributed by atoms with Gasteiger partial charge < -0.3 is 10.4 Å². The van der Waals surface area contributed by atoms with Crippen molar-refractivity contribution in [3.63, 3.8) is 0 Å². The Bertz CT molecular complexity index is 1100. The van der Waals surface area contributed by atoms with Crippen molar-refractivity contribution in [2.75, 3.05) is 5.32 Å². The summed E-state index contributed by atoms with van der Waals surface area (Å²) in [5.41, 5.74) is 2.27. The summed E-state index contributed by atoms with van der Waals surface area (Å²) in [7, 11) is 0. The lowest BCUT2D eigenvalue weighted by atomic mass is 9.95.